The van der Waals surface area contributed by atoms with Crippen molar-refractivity contribution in [3.05, 3.63) is 59.2 Å². The molecule has 0 fully saturated rings. The van der Waals surface area contributed by atoms with Crippen LogP contribution in [0.2, 0.25) is 0 Å². The minimum atomic E-state index is -1.02. The van der Waals surface area contributed by atoms with Gasteiger partial charge in [-0.15, -0.1) is 0 Å². The Morgan fingerprint density at radius 2 is 1.96 bits per heavy atom. The van der Waals surface area contributed by atoms with E-state index in [0.717, 1.165) is 5.56 Å². The Morgan fingerprint density at radius 3 is 2.62 bits per heavy atom. The summed E-state index contributed by atoms with van der Waals surface area (Å²) in [6, 6.07) is 13.4. The first-order chi connectivity index (χ1) is 11.4. The normalized spacial score (nSPS) is 11.2. The number of esters is 1. The fourth-order valence-electron chi connectivity index (χ4n) is 1.97. The van der Waals surface area contributed by atoms with Gasteiger partial charge in [-0.05, 0) is 43.7 Å². The van der Waals surface area contributed by atoms with Crippen molar-refractivity contribution < 1.29 is 14.3 Å². The second kappa shape index (κ2) is 7.29. The van der Waals surface area contributed by atoms with Crippen LogP contribution in [-0.2, 0) is 9.53 Å². The van der Waals surface area contributed by atoms with Gasteiger partial charge in [0.2, 0.25) is 0 Å². The molecule has 0 saturated carbocycles. The van der Waals surface area contributed by atoms with E-state index in [1.54, 1.807) is 36.4 Å². The maximum atomic E-state index is 12.1. The molecule has 0 aliphatic rings. The zero-order valence-electron chi connectivity index (χ0n) is 13.4. The minimum Gasteiger partial charge on any atom is -0.449 e. The van der Waals surface area contributed by atoms with Crippen LogP contribution in [0.5, 0.6) is 0 Å². The van der Waals surface area contributed by atoms with E-state index < -0.39 is 18.0 Å². The van der Waals surface area contributed by atoms with Crippen LogP contribution < -0.4 is 11.1 Å². The molecule has 0 unspecified atom stereocenters. The molecule has 0 heterocycles. The van der Waals surface area contributed by atoms with Crippen molar-refractivity contribution >= 4 is 23.3 Å². The molecule has 1 atom stereocenters. The molecule has 0 aromatic heterocycles. The van der Waals surface area contributed by atoms with E-state index in [9.17, 15) is 9.59 Å². The van der Waals surface area contributed by atoms with Gasteiger partial charge in [0.1, 0.15) is 6.07 Å². The van der Waals surface area contributed by atoms with Crippen molar-refractivity contribution in [2.24, 2.45) is 0 Å². The second-order valence-electron chi connectivity index (χ2n) is 5.27. The number of hydrogen-bond donors (Lipinski definition) is 2. The lowest BCUT2D eigenvalue weighted by Crippen LogP contribution is -2.30. The summed E-state index contributed by atoms with van der Waals surface area (Å²) in [7, 11) is 0. The highest BCUT2D eigenvalue weighted by Gasteiger charge is 2.20. The van der Waals surface area contributed by atoms with E-state index in [1.165, 1.54) is 13.0 Å². The van der Waals surface area contributed by atoms with Crippen LogP contribution in [0.25, 0.3) is 0 Å². The largest absolute Gasteiger partial charge is 0.449 e. The molecule has 0 aliphatic carbocycles. The average Bonchev–Trinajstić information content (AvgIpc) is 2.57. The van der Waals surface area contributed by atoms with Crippen LogP contribution in [0, 0.1) is 18.3 Å². The van der Waals surface area contributed by atoms with Crippen LogP contribution in [0.4, 0.5) is 11.4 Å². The Labute approximate surface area is 139 Å². The Kier molecular flexibility index (Phi) is 5.17. The van der Waals surface area contributed by atoms with Crippen LogP contribution >= 0.6 is 0 Å². The summed E-state index contributed by atoms with van der Waals surface area (Å²) in [6.45, 7) is 3.28. The highest BCUT2D eigenvalue weighted by Crippen LogP contribution is 2.16. The summed E-state index contributed by atoms with van der Waals surface area (Å²) in [6.07, 6.45) is -1.02. The van der Waals surface area contributed by atoms with Crippen molar-refractivity contribution in [1.82, 2.24) is 0 Å². The third-order valence-electron chi connectivity index (χ3n) is 3.47. The van der Waals surface area contributed by atoms with Gasteiger partial charge in [0, 0.05) is 5.69 Å². The molecule has 122 valence electrons. The molecule has 0 spiro atoms. The van der Waals surface area contributed by atoms with Gasteiger partial charge in [0.05, 0.1) is 16.8 Å². The summed E-state index contributed by atoms with van der Waals surface area (Å²) >= 11 is 0. The zero-order valence-corrected chi connectivity index (χ0v) is 13.4. The summed E-state index contributed by atoms with van der Waals surface area (Å²) < 4.78 is 5.15. The van der Waals surface area contributed by atoms with Gasteiger partial charge in [0.25, 0.3) is 5.91 Å². The average molecular weight is 323 g/mol. The first-order valence-electron chi connectivity index (χ1n) is 7.29. The maximum Gasteiger partial charge on any atom is 0.338 e. The molecule has 6 nitrogen and oxygen atoms in total. The van der Waals surface area contributed by atoms with Crippen LogP contribution in [0.3, 0.4) is 0 Å². The van der Waals surface area contributed by atoms with Gasteiger partial charge in [0.15, 0.2) is 6.10 Å². The number of carbonyl (C=O) groups is 2. The molecule has 24 heavy (non-hydrogen) atoms. The Bertz CT molecular complexity index is 824. The molecule has 2 aromatic rings. The third-order valence-corrected chi connectivity index (χ3v) is 3.47. The van der Waals surface area contributed by atoms with Gasteiger partial charge in [-0.2, -0.15) is 5.26 Å². The lowest BCUT2D eigenvalue weighted by molar-refractivity contribution is -0.123. The smallest absolute Gasteiger partial charge is 0.338 e. The first kappa shape index (κ1) is 17.0. The molecule has 0 aliphatic heterocycles. The van der Waals surface area contributed by atoms with Gasteiger partial charge in [-0.3, -0.25) is 4.79 Å². The van der Waals surface area contributed by atoms with Crippen molar-refractivity contribution in [2.45, 2.75) is 20.0 Å². The number of nitrogen functional groups attached to an aromatic ring is 1. The topological polar surface area (TPSA) is 105 Å². The zero-order chi connectivity index (χ0) is 17.7. The number of hydrogen-bond acceptors (Lipinski definition) is 5. The number of anilines is 2. The molecule has 6 heteroatoms. The number of benzene rings is 2. The number of para-hydroxylation sites is 1. The highest BCUT2D eigenvalue weighted by molar-refractivity contribution is 5.98. The third kappa shape index (κ3) is 3.90. The summed E-state index contributed by atoms with van der Waals surface area (Å²) in [5.74, 6) is -1.16. The Balaban J connectivity index is 2.04. The molecule has 0 radical (unpaired) electrons. The van der Waals surface area contributed by atoms with Gasteiger partial charge in [-0.1, -0.05) is 18.2 Å². The second-order valence-corrected chi connectivity index (χ2v) is 5.27. The maximum absolute atomic E-state index is 12.1. The van der Waals surface area contributed by atoms with Crippen molar-refractivity contribution in [1.29, 1.82) is 5.26 Å². The standard InChI is InChI=1S/C18H17N3O3/c1-11-7-8-13(9-15(11)20)18(23)24-12(2)17(22)21-16-6-4-3-5-14(16)10-19/h3-9,12H,20H2,1-2H3,(H,21,22)/t12-/m0/s1. The number of rotatable bonds is 4. The number of aryl methyl sites for hydroxylation is 1. The molecule has 0 bridgehead atoms. The molecule has 3 N–H and O–H groups in total. The first-order valence-corrected chi connectivity index (χ1v) is 7.29. The molecular formula is C18H17N3O3. The number of amides is 1. The minimum absolute atomic E-state index is 0.273. The van der Waals surface area contributed by atoms with E-state index in [1.807, 2.05) is 13.0 Å². The lowest BCUT2D eigenvalue weighted by Gasteiger charge is -2.14. The quantitative estimate of drug-likeness (QED) is 0.664. The number of nitrogens with zero attached hydrogens (tertiary/aromatic N) is 1. The Hall–Kier alpha value is -3.33. The van der Waals surface area contributed by atoms with E-state index in [4.69, 9.17) is 15.7 Å². The summed E-state index contributed by atoms with van der Waals surface area (Å²) in [4.78, 5) is 24.2. The Morgan fingerprint density at radius 1 is 1.25 bits per heavy atom. The number of nitrogens with one attached hydrogen (secondary N) is 1. The monoisotopic (exact) mass is 323 g/mol. The van der Waals surface area contributed by atoms with E-state index in [2.05, 4.69) is 5.32 Å². The molecule has 2 rings (SSSR count). The van der Waals surface area contributed by atoms with Crippen LogP contribution in [0.1, 0.15) is 28.4 Å². The van der Waals surface area contributed by atoms with Gasteiger partial charge in [-0.25, -0.2) is 4.79 Å². The summed E-state index contributed by atoms with van der Waals surface area (Å²) in [5, 5.41) is 11.6. The fraction of sp³-hybridized carbons (Fsp3) is 0.167. The van der Waals surface area contributed by atoms with Crippen molar-refractivity contribution in [2.75, 3.05) is 11.1 Å². The van der Waals surface area contributed by atoms with Crippen molar-refractivity contribution in [3.63, 3.8) is 0 Å². The molecule has 0 saturated heterocycles. The van der Waals surface area contributed by atoms with Crippen LogP contribution in [0.15, 0.2) is 42.5 Å². The number of carbonyl (C=O) groups excluding carboxylic acids is 2. The SMILES string of the molecule is Cc1ccc(C(=O)O[C@@H](C)C(=O)Nc2ccccc2C#N)cc1N. The van der Waals surface area contributed by atoms with Gasteiger partial charge >= 0.3 is 5.97 Å². The predicted molar refractivity (Wildman–Crippen MR) is 90.3 cm³/mol. The number of nitriles is 1. The highest BCUT2D eigenvalue weighted by atomic mass is 16.5. The van der Waals surface area contributed by atoms with Crippen LogP contribution in [-0.4, -0.2) is 18.0 Å². The number of nitrogens with two attached hydrogens (primary N) is 1. The molecular weight excluding hydrogens is 306 g/mol. The number of ether oxygens (including phenoxy) is 1. The van der Waals surface area contributed by atoms with E-state index in [0.29, 0.717) is 16.9 Å². The molecule has 1 amide bonds. The van der Waals surface area contributed by atoms with E-state index in [-0.39, 0.29) is 5.56 Å². The fourth-order valence-corrected chi connectivity index (χ4v) is 1.97. The van der Waals surface area contributed by atoms with E-state index >= 15 is 0 Å². The van der Waals surface area contributed by atoms with Crippen molar-refractivity contribution in [3.8, 4) is 6.07 Å². The lowest BCUT2D eigenvalue weighted by atomic mass is 10.1. The summed E-state index contributed by atoms with van der Waals surface area (Å²) in [5.41, 5.74) is 8.06. The predicted octanol–water partition coefficient (Wildman–Crippen LogP) is 2.63. The van der Waals surface area contributed by atoms with Gasteiger partial charge < -0.3 is 15.8 Å². The molecule has 2 aromatic carbocycles.